The van der Waals surface area contributed by atoms with Crippen molar-refractivity contribution in [3.63, 3.8) is 0 Å². The van der Waals surface area contributed by atoms with Crippen LogP contribution in [0.15, 0.2) is 28.1 Å². The second-order valence-corrected chi connectivity index (χ2v) is 2.68. The summed E-state index contributed by atoms with van der Waals surface area (Å²) in [6, 6.07) is 3.39. The maximum atomic E-state index is 11.2. The molecule has 1 aromatic heterocycles. The Bertz CT molecular complexity index is 354. The minimum atomic E-state index is -0.195. The van der Waals surface area contributed by atoms with Crippen LogP contribution in [-0.2, 0) is 0 Å². The molecule has 4 nitrogen and oxygen atoms in total. The molecule has 0 saturated carbocycles. The SMILES string of the molecule is CCCN=C(N)c1ccc[nH]c1=O. The van der Waals surface area contributed by atoms with Gasteiger partial charge in [0.1, 0.15) is 5.84 Å². The number of aromatic amines is 1. The lowest BCUT2D eigenvalue weighted by molar-refractivity contribution is 0.929. The molecule has 0 bridgehead atoms. The van der Waals surface area contributed by atoms with E-state index in [4.69, 9.17) is 5.73 Å². The summed E-state index contributed by atoms with van der Waals surface area (Å²) in [5.74, 6) is 0.309. The number of H-pyrrole nitrogens is 1. The molecule has 0 fully saturated rings. The first-order valence-electron chi connectivity index (χ1n) is 4.23. The number of pyridine rings is 1. The van der Waals surface area contributed by atoms with Gasteiger partial charge in [-0.25, -0.2) is 0 Å². The normalized spacial score (nSPS) is 11.6. The number of nitrogens with zero attached hydrogens (tertiary/aromatic N) is 1. The first kappa shape index (κ1) is 9.51. The lowest BCUT2D eigenvalue weighted by Gasteiger charge is -1.97. The molecule has 1 rings (SSSR count). The first-order valence-corrected chi connectivity index (χ1v) is 4.23. The van der Waals surface area contributed by atoms with Crippen LogP contribution in [0.5, 0.6) is 0 Å². The van der Waals surface area contributed by atoms with Gasteiger partial charge in [0.15, 0.2) is 0 Å². The molecule has 0 amide bonds. The molecule has 0 spiro atoms. The Balaban J connectivity index is 2.95. The smallest absolute Gasteiger partial charge is 0.258 e. The fourth-order valence-corrected chi connectivity index (χ4v) is 0.941. The van der Waals surface area contributed by atoms with E-state index < -0.39 is 0 Å². The second-order valence-electron chi connectivity index (χ2n) is 2.68. The minimum Gasteiger partial charge on any atom is -0.383 e. The number of aromatic nitrogens is 1. The lowest BCUT2D eigenvalue weighted by atomic mass is 10.2. The van der Waals surface area contributed by atoms with Gasteiger partial charge in [0.25, 0.3) is 5.56 Å². The predicted octanol–water partition coefficient (Wildman–Crippen LogP) is 0.490. The van der Waals surface area contributed by atoms with E-state index in [-0.39, 0.29) is 5.56 Å². The van der Waals surface area contributed by atoms with Crippen molar-refractivity contribution < 1.29 is 0 Å². The summed E-state index contributed by atoms with van der Waals surface area (Å²) in [5, 5.41) is 0. The van der Waals surface area contributed by atoms with E-state index in [1.807, 2.05) is 6.92 Å². The Hall–Kier alpha value is -1.58. The number of nitrogens with two attached hydrogens (primary N) is 1. The molecule has 4 heteroatoms. The molecule has 0 aromatic carbocycles. The van der Waals surface area contributed by atoms with Gasteiger partial charge in [-0.3, -0.25) is 9.79 Å². The number of rotatable bonds is 3. The summed E-state index contributed by atoms with van der Waals surface area (Å²) >= 11 is 0. The number of nitrogens with one attached hydrogen (secondary N) is 1. The first-order chi connectivity index (χ1) is 6.25. The fraction of sp³-hybridized carbons (Fsp3) is 0.333. The van der Waals surface area contributed by atoms with E-state index in [0.717, 1.165) is 6.42 Å². The number of aliphatic imine (C=N–C) groups is 1. The molecule has 0 atom stereocenters. The van der Waals surface area contributed by atoms with Gasteiger partial charge in [-0.05, 0) is 18.6 Å². The van der Waals surface area contributed by atoms with Crippen LogP contribution < -0.4 is 11.3 Å². The average molecular weight is 179 g/mol. The molecular weight excluding hydrogens is 166 g/mol. The van der Waals surface area contributed by atoms with Crippen LogP contribution in [0, 0.1) is 0 Å². The Kier molecular flexibility index (Phi) is 3.25. The Labute approximate surface area is 76.5 Å². The third-order valence-electron chi connectivity index (χ3n) is 1.60. The Morgan fingerprint density at radius 2 is 2.46 bits per heavy atom. The molecule has 0 aliphatic heterocycles. The van der Waals surface area contributed by atoms with Crippen LogP contribution in [-0.4, -0.2) is 17.4 Å². The summed E-state index contributed by atoms with van der Waals surface area (Å²) in [5.41, 5.74) is 5.86. The molecule has 3 N–H and O–H groups in total. The van der Waals surface area contributed by atoms with Crippen LogP contribution >= 0.6 is 0 Å². The topological polar surface area (TPSA) is 71.2 Å². The average Bonchev–Trinajstić information content (AvgIpc) is 2.15. The van der Waals surface area contributed by atoms with Gasteiger partial charge in [-0.2, -0.15) is 0 Å². The summed E-state index contributed by atoms with van der Waals surface area (Å²) in [4.78, 5) is 17.8. The van der Waals surface area contributed by atoms with Gasteiger partial charge in [-0.1, -0.05) is 6.92 Å². The van der Waals surface area contributed by atoms with Crippen molar-refractivity contribution >= 4 is 5.84 Å². The van der Waals surface area contributed by atoms with Gasteiger partial charge in [0.05, 0.1) is 5.56 Å². The van der Waals surface area contributed by atoms with Crippen molar-refractivity contribution in [1.29, 1.82) is 0 Å². The summed E-state index contributed by atoms with van der Waals surface area (Å²) < 4.78 is 0. The summed E-state index contributed by atoms with van der Waals surface area (Å²) in [7, 11) is 0. The lowest BCUT2D eigenvalue weighted by Crippen LogP contribution is -2.24. The van der Waals surface area contributed by atoms with Gasteiger partial charge in [-0.15, -0.1) is 0 Å². The van der Waals surface area contributed by atoms with Crippen LogP contribution in [0.25, 0.3) is 0 Å². The standard InChI is InChI=1S/C9H13N3O/c1-2-5-11-8(10)7-4-3-6-12-9(7)13/h3-4,6H,2,5H2,1H3,(H2,10,11)(H,12,13). The number of hydrogen-bond acceptors (Lipinski definition) is 2. The van der Waals surface area contributed by atoms with Crippen LogP contribution in [0.4, 0.5) is 0 Å². The second kappa shape index (κ2) is 4.45. The molecule has 0 saturated heterocycles. The van der Waals surface area contributed by atoms with Crippen LogP contribution in [0.3, 0.4) is 0 Å². The van der Waals surface area contributed by atoms with Crippen molar-refractivity contribution in [3.8, 4) is 0 Å². The minimum absolute atomic E-state index is 0.195. The third-order valence-corrected chi connectivity index (χ3v) is 1.60. The maximum Gasteiger partial charge on any atom is 0.258 e. The van der Waals surface area contributed by atoms with Crippen molar-refractivity contribution in [1.82, 2.24) is 4.98 Å². The van der Waals surface area contributed by atoms with Gasteiger partial charge in [0.2, 0.25) is 0 Å². The predicted molar refractivity (Wildman–Crippen MR) is 52.9 cm³/mol. The Morgan fingerprint density at radius 3 is 3.08 bits per heavy atom. The van der Waals surface area contributed by atoms with Gasteiger partial charge < -0.3 is 10.7 Å². The highest BCUT2D eigenvalue weighted by atomic mass is 16.1. The summed E-state index contributed by atoms with van der Waals surface area (Å²) in [6.07, 6.45) is 2.49. The van der Waals surface area contributed by atoms with Crippen molar-refractivity contribution in [3.05, 3.63) is 34.2 Å². The largest absolute Gasteiger partial charge is 0.383 e. The highest BCUT2D eigenvalue weighted by Gasteiger charge is 2.01. The van der Waals surface area contributed by atoms with Crippen LogP contribution in [0.1, 0.15) is 18.9 Å². The zero-order valence-corrected chi connectivity index (χ0v) is 7.58. The summed E-state index contributed by atoms with van der Waals surface area (Å²) in [6.45, 7) is 2.66. The van der Waals surface area contributed by atoms with E-state index in [1.54, 1.807) is 18.3 Å². The molecular formula is C9H13N3O. The molecule has 1 aromatic rings. The van der Waals surface area contributed by atoms with E-state index in [9.17, 15) is 4.79 Å². The Morgan fingerprint density at radius 1 is 1.69 bits per heavy atom. The maximum absolute atomic E-state index is 11.2. The van der Waals surface area contributed by atoms with Crippen molar-refractivity contribution in [2.24, 2.45) is 10.7 Å². The fourth-order valence-electron chi connectivity index (χ4n) is 0.941. The van der Waals surface area contributed by atoms with Crippen molar-refractivity contribution in [2.45, 2.75) is 13.3 Å². The molecule has 0 aliphatic rings. The zero-order chi connectivity index (χ0) is 9.68. The van der Waals surface area contributed by atoms with E-state index in [1.165, 1.54) is 0 Å². The molecule has 0 aliphatic carbocycles. The highest BCUT2D eigenvalue weighted by molar-refractivity contribution is 5.96. The molecule has 70 valence electrons. The van der Waals surface area contributed by atoms with E-state index in [0.29, 0.717) is 17.9 Å². The van der Waals surface area contributed by atoms with Gasteiger partial charge >= 0.3 is 0 Å². The quantitative estimate of drug-likeness (QED) is 0.523. The molecule has 1 heterocycles. The van der Waals surface area contributed by atoms with Gasteiger partial charge in [0, 0.05) is 12.7 Å². The van der Waals surface area contributed by atoms with Crippen LogP contribution in [0.2, 0.25) is 0 Å². The third kappa shape index (κ3) is 2.43. The molecule has 0 radical (unpaired) electrons. The zero-order valence-electron chi connectivity index (χ0n) is 7.58. The van der Waals surface area contributed by atoms with Crippen molar-refractivity contribution in [2.75, 3.05) is 6.54 Å². The highest BCUT2D eigenvalue weighted by Crippen LogP contribution is 1.89. The van der Waals surface area contributed by atoms with E-state index in [2.05, 4.69) is 9.98 Å². The number of amidine groups is 1. The van der Waals surface area contributed by atoms with E-state index >= 15 is 0 Å². The monoisotopic (exact) mass is 179 g/mol. The molecule has 0 unspecified atom stereocenters. The number of hydrogen-bond donors (Lipinski definition) is 2. The molecule has 13 heavy (non-hydrogen) atoms.